The average molecular weight is 226 g/mol. The Hall–Kier alpha value is -2.56. The lowest BCUT2D eigenvalue weighted by Crippen LogP contribution is -1.93. The van der Waals surface area contributed by atoms with Crippen molar-refractivity contribution in [3.63, 3.8) is 0 Å². The highest BCUT2D eigenvalue weighted by Crippen LogP contribution is 2.21. The second kappa shape index (κ2) is 3.79. The third-order valence-corrected chi connectivity index (χ3v) is 2.46. The van der Waals surface area contributed by atoms with Gasteiger partial charge in [-0.2, -0.15) is 5.10 Å². The van der Waals surface area contributed by atoms with Crippen molar-refractivity contribution in [2.45, 2.75) is 0 Å². The number of hydrogen-bond donors (Lipinski definition) is 1. The molecule has 3 aromatic rings. The lowest BCUT2D eigenvalue weighted by molar-refractivity contribution is 0.439. The largest absolute Gasteiger partial charge is 0.368 e. The van der Waals surface area contributed by atoms with Gasteiger partial charge in [-0.25, -0.2) is 4.68 Å². The van der Waals surface area contributed by atoms with E-state index in [0.29, 0.717) is 5.88 Å². The van der Waals surface area contributed by atoms with Crippen LogP contribution in [0.25, 0.3) is 16.9 Å². The van der Waals surface area contributed by atoms with E-state index >= 15 is 0 Å². The molecule has 0 atom stereocenters. The van der Waals surface area contributed by atoms with Crippen molar-refractivity contribution in [3.8, 4) is 16.9 Å². The molecule has 0 aliphatic carbocycles. The number of rotatable bonds is 2. The highest BCUT2D eigenvalue weighted by molar-refractivity contribution is 5.62. The molecule has 5 heteroatoms. The molecule has 84 valence electrons. The van der Waals surface area contributed by atoms with Crippen LogP contribution in [0.3, 0.4) is 0 Å². The summed E-state index contributed by atoms with van der Waals surface area (Å²) in [6.07, 6.45) is 3.63. The lowest BCUT2D eigenvalue weighted by Gasteiger charge is -2.01. The maximum Gasteiger partial charge on any atom is 0.222 e. The van der Waals surface area contributed by atoms with Gasteiger partial charge in [0.1, 0.15) is 5.69 Å². The van der Waals surface area contributed by atoms with E-state index in [-0.39, 0.29) is 0 Å². The standard InChI is InChI=1S/C12H10N4O/c13-12-8-11(15-17-12)9-2-4-10(5-3-9)16-7-1-6-14-16/h1-8H,13H2. The van der Waals surface area contributed by atoms with Crippen LogP contribution in [0.15, 0.2) is 53.3 Å². The molecule has 0 saturated heterocycles. The van der Waals surface area contributed by atoms with Crippen LogP contribution in [0, 0.1) is 0 Å². The van der Waals surface area contributed by atoms with E-state index in [0.717, 1.165) is 16.9 Å². The van der Waals surface area contributed by atoms with Gasteiger partial charge in [0.15, 0.2) is 0 Å². The van der Waals surface area contributed by atoms with Crippen molar-refractivity contribution in [3.05, 3.63) is 48.8 Å². The maximum atomic E-state index is 5.48. The molecule has 17 heavy (non-hydrogen) atoms. The van der Waals surface area contributed by atoms with Gasteiger partial charge in [-0.3, -0.25) is 0 Å². The Bertz CT molecular complexity index is 610. The predicted molar refractivity (Wildman–Crippen MR) is 63.5 cm³/mol. The Kier molecular flexibility index (Phi) is 2.15. The van der Waals surface area contributed by atoms with Crippen LogP contribution in [0.5, 0.6) is 0 Å². The third kappa shape index (κ3) is 1.78. The van der Waals surface area contributed by atoms with Crippen molar-refractivity contribution >= 4 is 5.88 Å². The molecule has 0 bridgehead atoms. The second-order valence-electron chi connectivity index (χ2n) is 3.61. The van der Waals surface area contributed by atoms with Gasteiger partial charge in [0, 0.05) is 24.0 Å². The molecule has 0 aliphatic heterocycles. The number of hydrogen-bond acceptors (Lipinski definition) is 4. The lowest BCUT2D eigenvalue weighted by atomic mass is 10.1. The fourth-order valence-corrected chi connectivity index (χ4v) is 1.63. The molecule has 0 amide bonds. The number of nitrogen functional groups attached to an aromatic ring is 1. The summed E-state index contributed by atoms with van der Waals surface area (Å²) in [7, 11) is 0. The Labute approximate surface area is 97.5 Å². The normalized spacial score (nSPS) is 10.6. The van der Waals surface area contributed by atoms with Crippen molar-refractivity contribution in [2.75, 3.05) is 5.73 Å². The highest BCUT2D eigenvalue weighted by atomic mass is 16.5. The molecule has 2 N–H and O–H groups in total. The maximum absolute atomic E-state index is 5.48. The van der Waals surface area contributed by atoms with Crippen LogP contribution < -0.4 is 5.73 Å². The summed E-state index contributed by atoms with van der Waals surface area (Å²) in [5.74, 6) is 0.316. The number of nitrogens with two attached hydrogens (primary N) is 1. The molecule has 0 spiro atoms. The number of aromatic nitrogens is 3. The Morgan fingerprint density at radius 1 is 1.18 bits per heavy atom. The minimum atomic E-state index is 0.316. The zero-order valence-corrected chi connectivity index (χ0v) is 8.95. The molecule has 0 fully saturated rings. The summed E-state index contributed by atoms with van der Waals surface area (Å²) in [6, 6.07) is 11.4. The summed E-state index contributed by atoms with van der Waals surface area (Å²) in [4.78, 5) is 0. The molecule has 2 heterocycles. The van der Waals surface area contributed by atoms with Crippen molar-refractivity contribution in [1.82, 2.24) is 14.9 Å². The molecular formula is C12H10N4O. The van der Waals surface area contributed by atoms with E-state index in [1.54, 1.807) is 16.9 Å². The molecule has 0 aliphatic rings. The molecule has 1 aromatic carbocycles. The molecule has 2 aromatic heterocycles. The summed E-state index contributed by atoms with van der Waals surface area (Å²) >= 11 is 0. The Balaban J connectivity index is 1.95. The molecule has 0 unspecified atom stereocenters. The van der Waals surface area contributed by atoms with Crippen LogP contribution in [0.2, 0.25) is 0 Å². The van der Waals surface area contributed by atoms with Crippen molar-refractivity contribution in [1.29, 1.82) is 0 Å². The van der Waals surface area contributed by atoms with Gasteiger partial charge in [-0.15, -0.1) is 0 Å². The first-order valence-electron chi connectivity index (χ1n) is 5.15. The van der Waals surface area contributed by atoms with E-state index in [4.69, 9.17) is 10.3 Å². The molecular weight excluding hydrogens is 216 g/mol. The van der Waals surface area contributed by atoms with E-state index < -0.39 is 0 Å². The van der Waals surface area contributed by atoms with E-state index in [9.17, 15) is 0 Å². The summed E-state index contributed by atoms with van der Waals surface area (Å²) in [5.41, 5.74) is 8.17. The van der Waals surface area contributed by atoms with Gasteiger partial charge in [0.25, 0.3) is 0 Å². The Morgan fingerprint density at radius 2 is 2.00 bits per heavy atom. The fraction of sp³-hybridized carbons (Fsp3) is 0. The first-order valence-corrected chi connectivity index (χ1v) is 5.15. The monoisotopic (exact) mass is 226 g/mol. The van der Waals surface area contributed by atoms with Crippen molar-refractivity contribution < 1.29 is 4.52 Å². The van der Waals surface area contributed by atoms with Gasteiger partial charge in [0.05, 0.1) is 5.69 Å². The van der Waals surface area contributed by atoms with Gasteiger partial charge < -0.3 is 10.3 Å². The summed E-state index contributed by atoms with van der Waals surface area (Å²) < 4.78 is 6.62. The third-order valence-electron chi connectivity index (χ3n) is 2.46. The van der Waals surface area contributed by atoms with Gasteiger partial charge in [0.2, 0.25) is 5.88 Å². The number of nitrogens with zero attached hydrogens (tertiary/aromatic N) is 3. The minimum absolute atomic E-state index is 0.316. The second-order valence-corrected chi connectivity index (χ2v) is 3.61. The average Bonchev–Trinajstić information content (AvgIpc) is 3.00. The SMILES string of the molecule is Nc1cc(-c2ccc(-n3cccn3)cc2)no1. The fourth-order valence-electron chi connectivity index (χ4n) is 1.63. The topological polar surface area (TPSA) is 69.9 Å². The zero-order chi connectivity index (χ0) is 11.7. The Morgan fingerprint density at radius 3 is 2.59 bits per heavy atom. The molecule has 3 rings (SSSR count). The van der Waals surface area contributed by atoms with Gasteiger partial charge in [-0.1, -0.05) is 17.3 Å². The minimum Gasteiger partial charge on any atom is -0.368 e. The number of benzene rings is 1. The van der Waals surface area contributed by atoms with Gasteiger partial charge >= 0.3 is 0 Å². The van der Waals surface area contributed by atoms with E-state index in [2.05, 4.69) is 10.3 Å². The highest BCUT2D eigenvalue weighted by Gasteiger charge is 2.04. The van der Waals surface area contributed by atoms with Gasteiger partial charge in [-0.05, 0) is 18.2 Å². The first kappa shape index (κ1) is 9.65. The molecule has 0 saturated carbocycles. The van der Waals surface area contributed by atoms with Crippen LogP contribution in [-0.4, -0.2) is 14.9 Å². The molecule has 0 radical (unpaired) electrons. The smallest absolute Gasteiger partial charge is 0.222 e. The zero-order valence-electron chi connectivity index (χ0n) is 8.95. The van der Waals surface area contributed by atoms with Crippen LogP contribution >= 0.6 is 0 Å². The van der Waals surface area contributed by atoms with Crippen LogP contribution in [0.1, 0.15) is 0 Å². The number of anilines is 1. The summed E-state index contributed by atoms with van der Waals surface area (Å²) in [6.45, 7) is 0. The summed E-state index contributed by atoms with van der Waals surface area (Å²) in [5, 5.41) is 8.01. The van der Waals surface area contributed by atoms with E-state index in [1.165, 1.54) is 0 Å². The van der Waals surface area contributed by atoms with E-state index in [1.807, 2.05) is 36.5 Å². The van der Waals surface area contributed by atoms with Crippen LogP contribution in [0.4, 0.5) is 5.88 Å². The quantitative estimate of drug-likeness (QED) is 0.726. The van der Waals surface area contributed by atoms with Crippen LogP contribution in [-0.2, 0) is 0 Å². The molecule has 5 nitrogen and oxygen atoms in total. The first-order chi connectivity index (χ1) is 8.33. The predicted octanol–water partition coefficient (Wildman–Crippen LogP) is 2.11. The van der Waals surface area contributed by atoms with Crippen molar-refractivity contribution in [2.24, 2.45) is 0 Å².